The first-order chi connectivity index (χ1) is 12.4. The Morgan fingerprint density at radius 1 is 1.00 bits per heavy atom. The maximum absolute atomic E-state index is 11.7. The van der Waals surface area contributed by atoms with Gasteiger partial charge in [-0.15, -0.1) is 5.75 Å². The molecule has 2 aromatic rings. The largest absolute Gasteiger partial charge is 0.872 e. The number of benzene rings is 3. The van der Waals surface area contributed by atoms with Crippen LogP contribution in [0.3, 0.4) is 0 Å². The third-order valence-electron chi connectivity index (χ3n) is 4.41. The molecule has 0 radical (unpaired) electrons. The van der Waals surface area contributed by atoms with Crippen LogP contribution < -0.4 is 10.5 Å². The molecule has 1 heterocycles. The first-order valence-corrected chi connectivity index (χ1v) is 7.96. The Morgan fingerprint density at radius 3 is 2.50 bits per heavy atom. The second kappa shape index (κ2) is 5.74. The van der Waals surface area contributed by atoms with E-state index in [1.165, 1.54) is 30.3 Å². The van der Waals surface area contributed by atoms with Gasteiger partial charge < -0.3 is 14.6 Å². The molecule has 1 N–H and O–H groups in total. The molecule has 0 saturated carbocycles. The van der Waals surface area contributed by atoms with Gasteiger partial charge in [0.1, 0.15) is 11.3 Å². The summed E-state index contributed by atoms with van der Waals surface area (Å²) >= 11 is 0. The van der Waals surface area contributed by atoms with Crippen molar-refractivity contribution in [1.82, 2.24) is 0 Å². The minimum atomic E-state index is -0.996. The smallest absolute Gasteiger partial charge is 0.335 e. The van der Waals surface area contributed by atoms with Gasteiger partial charge in [0.2, 0.25) is 0 Å². The van der Waals surface area contributed by atoms with E-state index in [1.54, 1.807) is 24.3 Å². The van der Waals surface area contributed by atoms with Crippen molar-refractivity contribution < 1.29 is 19.4 Å². The summed E-state index contributed by atoms with van der Waals surface area (Å²) in [6.45, 7) is 1.83. The van der Waals surface area contributed by atoms with Crippen LogP contribution in [-0.4, -0.2) is 11.1 Å². The summed E-state index contributed by atoms with van der Waals surface area (Å²) in [7, 11) is 0. The third kappa shape index (κ3) is 2.50. The van der Waals surface area contributed by atoms with Crippen LogP contribution in [0.4, 0.5) is 0 Å². The van der Waals surface area contributed by atoms with Crippen LogP contribution in [-0.2, 0) is 0 Å². The lowest BCUT2D eigenvalue weighted by Gasteiger charge is -2.18. The second-order valence-corrected chi connectivity index (χ2v) is 6.13. The molecule has 128 valence electrons. The average Bonchev–Trinajstić information content (AvgIpc) is 2.59. The summed E-state index contributed by atoms with van der Waals surface area (Å²) in [6, 6.07) is 13.9. The molecule has 5 nitrogen and oxygen atoms in total. The van der Waals surface area contributed by atoms with Gasteiger partial charge in [0.25, 0.3) is 0 Å². The summed E-state index contributed by atoms with van der Waals surface area (Å²) in [5.41, 5.74) is 3.51. The van der Waals surface area contributed by atoms with Crippen molar-refractivity contribution in [3.63, 3.8) is 0 Å². The third-order valence-corrected chi connectivity index (χ3v) is 4.41. The monoisotopic (exact) mass is 345 g/mol. The van der Waals surface area contributed by atoms with Crippen molar-refractivity contribution in [2.75, 3.05) is 0 Å². The van der Waals surface area contributed by atoms with Gasteiger partial charge in [0.15, 0.2) is 5.43 Å². The van der Waals surface area contributed by atoms with Gasteiger partial charge in [-0.05, 0) is 48.4 Å². The van der Waals surface area contributed by atoms with Gasteiger partial charge in [0, 0.05) is 22.6 Å². The highest BCUT2D eigenvalue weighted by Gasteiger charge is 2.19. The molecule has 0 unspecified atom stereocenters. The number of aryl methyl sites for hydroxylation is 1. The molecule has 0 aromatic heterocycles. The van der Waals surface area contributed by atoms with E-state index in [2.05, 4.69) is 0 Å². The molecule has 1 aliphatic carbocycles. The molecule has 4 rings (SSSR count). The van der Waals surface area contributed by atoms with Gasteiger partial charge in [0.05, 0.1) is 5.56 Å². The Hall–Kier alpha value is -3.60. The highest BCUT2D eigenvalue weighted by atomic mass is 16.4. The number of hydrogen-bond donors (Lipinski definition) is 1. The number of fused-ring (bicyclic) bond motifs is 2. The predicted octanol–water partition coefficient (Wildman–Crippen LogP) is 3.65. The summed E-state index contributed by atoms with van der Waals surface area (Å²) in [5.74, 6) is -0.806. The molecule has 0 atom stereocenters. The fraction of sp³-hybridized carbons (Fsp3) is 0.0476. The number of rotatable bonds is 2. The van der Waals surface area contributed by atoms with Crippen molar-refractivity contribution >= 4 is 16.9 Å². The quantitative estimate of drug-likeness (QED) is 0.560. The van der Waals surface area contributed by atoms with Gasteiger partial charge in [-0.3, -0.25) is 4.79 Å². The fourth-order valence-electron chi connectivity index (χ4n) is 3.22. The summed E-state index contributed by atoms with van der Waals surface area (Å²) in [6.07, 6.45) is 0. The van der Waals surface area contributed by atoms with Crippen LogP contribution in [0.25, 0.3) is 33.4 Å². The minimum Gasteiger partial charge on any atom is -0.872 e. The van der Waals surface area contributed by atoms with Crippen molar-refractivity contribution in [1.29, 1.82) is 0 Å². The van der Waals surface area contributed by atoms with Crippen molar-refractivity contribution in [3.05, 3.63) is 75.9 Å². The Labute approximate surface area is 148 Å². The van der Waals surface area contributed by atoms with E-state index in [0.717, 1.165) is 27.6 Å². The SMILES string of the molecule is Cc1cc(C(=O)O)ccc1-c1c2ccc(=O)cc-2oc2cc([O-])ccc12. The molecule has 0 spiro atoms. The molecule has 5 heteroatoms. The standard InChI is InChI=1S/C21H14O5/c1-11-8-12(21(24)25)2-5-15(11)20-16-6-3-13(22)9-18(16)26-19-10-14(23)4-7-17(19)20/h2-10,22H,1H3,(H,24,25)/p-1. The molecule has 0 bridgehead atoms. The number of carbonyl (C=O) groups is 1. The summed E-state index contributed by atoms with van der Waals surface area (Å²) in [5, 5.41) is 21.6. The Balaban J connectivity index is 2.13. The van der Waals surface area contributed by atoms with Crippen molar-refractivity contribution in [2.45, 2.75) is 6.92 Å². The molecule has 0 amide bonds. The Bertz CT molecular complexity index is 1200. The van der Waals surface area contributed by atoms with Crippen LogP contribution in [0.1, 0.15) is 15.9 Å². The molecule has 0 fully saturated rings. The first kappa shape index (κ1) is 15.9. The average molecular weight is 345 g/mol. The van der Waals surface area contributed by atoms with Crippen LogP contribution in [0.5, 0.6) is 5.75 Å². The van der Waals surface area contributed by atoms with Gasteiger partial charge >= 0.3 is 5.97 Å². The lowest BCUT2D eigenvalue weighted by molar-refractivity contribution is -0.268. The van der Waals surface area contributed by atoms with Crippen molar-refractivity contribution in [2.24, 2.45) is 0 Å². The van der Waals surface area contributed by atoms with Gasteiger partial charge in [-0.25, -0.2) is 4.79 Å². The van der Waals surface area contributed by atoms with Gasteiger partial charge in [-0.1, -0.05) is 18.2 Å². The number of hydrogen-bond acceptors (Lipinski definition) is 4. The van der Waals surface area contributed by atoms with Crippen LogP contribution in [0.2, 0.25) is 0 Å². The Kier molecular flexibility index (Phi) is 3.51. The lowest BCUT2D eigenvalue weighted by atomic mass is 9.90. The van der Waals surface area contributed by atoms with E-state index in [0.29, 0.717) is 11.3 Å². The zero-order chi connectivity index (χ0) is 18.4. The highest BCUT2D eigenvalue weighted by molar-refractivity contribution is 6.03. The fourth-order valence-corrected chi connectivity index (χ4v) is 3.22. The topological polar surface area (TPSA) is 90.6 Å². The molecular formula is C21H13O5-. The lowest BCUT2D eigenvalue weighted by Crippen LogP contribution is -2.01. The normalized spacial score (nSPS) is 11.1. The number of carboxylic acid groups (broad SMARTS) is 1. The maximum atomic E-state index is 11.7. The highest BCUT2D eigenvalue weighted by Crippen LogP contribution is 2.41. The van der Waals surface area contributed by atoms with E-state index >= 15 is 0 Å². The minimum absolute atomic E-state index is 0.192. The van der Waals surface area contributed by atoms with Gasteiger partial charge in [-0.2, -0.15) is 0 Å². The summed E-state index contributed by atoms with van der Waals surface area (Å²) in [4.78, 5) is 23.0. The molecular weight excluding hydrogens is 332 g/mol. The number of carboxylic acids is 1. The van der Waals surface area contributed by atoms with Crippen molar-refractivity contribution in [3.8, 4) is 28.2 Å². The zero-order valence-corrected chi connectivity index (χ0v) is 13.8. The van der Waals surface area contributed by atoms with E-state index in [9.17, 15) is 19.8 Å². The molecule has 2 aromatic carbocycles. The molecule has 1 aliphatic heterocycles. The van der Waals surface area contributed by atoms with E-state index in [1.807, 2.05) is 6.92 Å². The van der Waals surface area contributed by atoms with E-state index in [-0.39, 0.29) is 16.7 Å². The van der Waals surface area contributed by atoms with Crippen LogP contribution >= 0.6 is 0 Å². The Morgan fingerprint density at radius 2 is 1.77 bits per heavy atom. The summed E-state index contributed by atoms with van der Waals surface area (Å²) < 4.78 is 5.78. The second-order valence-electron chi connectivity index (χ2n) is 6.13. The van der Waals surface area contributed by atoms with Crippen LogP contribution in [0.15, 0.2) is 63.8 Å². The predicted molar refractivity (Wildman–Crippen MR) is 95.7 cm³/mol. The molecule has 0 saturated heterocycles. The zero-order valence-electron chi connectivity index (χ0n) is 13.8. The molecule has 26 heavy (non-hydrogen) atoms. The molecule has 2 aliphatic rings. The van der Waals surface area contributed by atoms with E-state index < -0.39 is 5.97 Å². The first-order valence-electron chi connectivity index (χ1n) is 7.96. The van der Waals surface area contributed by atoms with Crippen LogP contribution in [0, 0.1) is 6.92 Å². The number of aromatic carboxylic acids is 1. The maximum Gasteiger partial charge on any atom is 0.335 e. The van der Waals surface area contributed by atoms with E-state index in [4.69, 9.17) is 4.42 Å².